The van der Waals surface area contributed by atoms with E-state index in [1.54, 1.807) is 0 Å². The van der Waals surface area contributed by atoms with Gasteiger partial charge >= 0.3 is 5.97 Å². The molecule has 2 atom stereocenters. The first-order valence-corrected chi connectivity index (χ1v) is 5.82. The Bertz CT molecular complexity index is 256. The number of carbonyl (C=O) groups is 2. The topological polar surface area (TPSA) is 78.4 Å². The Morgan fingerprint density at radius 3 is 2.38 bits per heavy atom. The van der Waals surface area contributed by atoms with Crippen molar-refractivity contribution in [3.05, 3.63) is 0 Å². The van der Waals surface area contributed by atoms with Crippen LogP contribution in [0.5, 0.6) is 0 Å². The van der Waals surface area contributed by atoms with Gasteiger partial charge in [0.2, 0.25) is 5.91 Å². The lowest BCUT2D eigenvalue weighted by atomic mass is 9.79. The van der Waals surface area contributed by atoms with E-state index in [1.165, 1.54) is 0 Å². The lowest BCUT2D eigenvalue weighted by Crippen LogP contribution is -2.41. The Labute approximate surface area is 95.6 Å². The molecule has 0 bridgehead atoms. The van der Waals surface area contributed by atoms with E-state index >= 15 is 0 Å². The van der Waals surface area contributed by atoms with Crippen molar-refractivity contribution in [3.8, 4) is 0 Å². The van der Waals surface area contributed by atoms with Crippen molar-refractivity contribution < 1.29 is 14.7 Å². The molecule has 5 heteroatoms. The average molecular weight is 228 g/mol. The van der Waals surface area contributed by atoms with Crippen LogP contribution in [0.4, 0.5) is 0 Å². The fourth-order valence-corrected chi connectivity index (χ4v) is 2.18. The van der Waals surface area contributed by atoms with Crippen molar-refractivity contribution in [1.29, 1.82) is 0 Å². The van der Waals surface area contributed by atoms with E-state index in [9.17, 15) is 9.59 Å². The summed E-state index contributed by atoms with van der Waals surface area (Å²) in [5.74, 6) is -1.79. The van der Waals surface area contributed by atoms with Gasteiger partial charge < -0.3 is 15.7 Å². The number of nitrogens with one attached hydrogen (secondary N) is 2. The van der Waals surface area contributed by atoms with Crippen LogP contribution in [-0.4, -0.2) is 37.1 Å². The molecule has 1 amide bonds. The van der Waals surface area contributed by atoms with Crippen molar-refractivity contribution >= 4 is 11.9 Å². The highest BCUT2D eigenvalue weighted by atomic mass is 16.4. The van der Waals surface area contributed by atoms with Crippen molar-refractivity contribution in [2.24, 2.45) is 11.8 Å². The number of likely N-dealkylation sites (N-methyl/N-ethyl adjacent to an activating group) is 1. The van der Waals surface area contributed by atoms with Crippen LogP contribution in [0.3, 0.4) is 0 Å². The van der Waals surface area contributed by atoms with Gasteiger partial charge in [0, 0.05) is 13.1 Å². The fourth-order valence-electron chi connectivity index (χ4n) is 2.18. The highest BCUT2D eigenvalue weighted by molar-refractivity contribution is 5.84. The summed E-state index contributed by atoms with van der Waals surface area (Å²) in [6.07, 6.45) is 3.19. The Hall–Kier alpha value is -1.10. The van der Waals surface area contributed by atoms with Crippen LogP contribution >= 0.6 is 0 Å². The van der Waals surface area contributed by atoms with Crippen LogP contribution < -0.4 is 10.6 Å². The van der Waals surface area contributed by atoms with Crippen LogP contribution in [0.2, 0.25) is 0 Å². The summed E-state index contributed by atoms with van der Waals surface area (Å²) < 4.78 is 0. The van der Waals surface area contributed by atoms with Crippen LogP contribution in [0.15, 0.2) is 0 Å². The molecule has 16 heavy (non-hydrogen) atoms. The summed E-state index contributed by atoms with van der Waals surface area (Å²) in [5.41, 5.74) is 0. The summed E-state index contributed by atoms with van der Waals surface area (Å²) in [6, 6.07) is 0. The Kier molecular flexibility index (Phi) is 5.25. The molecule has 5 nitrogen and oxygen atoms in total. The lowest BCUT2D eigenvalue weighted by molar-refractivity contribution is -0.148. The number of carboxylic acids is 1. The van der Waals surface area contributed by atoms with E-state index in [0.717, 1.165) is 12.8 Å². The van der Waals surface area contributed by atoms with Crippen LogP contribution in [0, 0.1) is 11.8 Å². The van der Waals surface area contributed by atoms with E-state index in [0.29, 0.717) is 25.9 Å². The van der Waals surface area contributed by atoms with Gasteiger partial charge in [-0.15, -0.1) is 0 Å². The standard InChI is InChI=1S/C11H20N2O3/c1-12-6-7-13-10(14)8-4-2-3-5-9(8)11(15)16/h8-9,12H,2-7H2,1H3,(H,13,14)(H,15,16). The Morgan fingerprint density at radius 1 is 1.19 bits per heavy atom. The number of rotatable bonds is 5. The highest BCUT2D eigenvalue weighted by Gasteiger charge is 2.35. The minimum absolute atomic E-state index is 0.109. The number of hydrogen-bond acceptors (Lipinski definition) is 3. The minimum Gasteiger partial charge on any atom is -0.481 e. The number of hydrogen-bond donors (Lipinski definition) is 3. The van der Waals surface area contributed by atoms with E-state index < -0.39 is 11.9 Å². The molecule has 3 N–H and O–H groups in total. The number of aliphatic carboxylic acids is 1. The average Bonchev–Trinajstić information content (AvgIpc) is 2.29. The first-order chi connectivity index (χ1) is 7.66. The normalized spacial score (nSPS) is 25.1. The molecule has 0 heterocycles. The second kappa shape index (κ2) is 6.48. The van der Waals surface area contributed by atoms with Crippen molar-refractivity contribution in [3.63, 3.8) is 0 Å². The van der Waals surface area contributed by atoms with Gasteiger partial charge in [0.05, 0.1) is 11.8 Å². The van der Waals surface area contributed by atoms with Gasteiger partial charge in [-0.25, -0.2) is 0 Å². The van der Waals surface area contributed by atoms with E-state index in [-0.39, 0.29) is 11.8 Å². The summed E-state index contributed by atoms with van der Waals surface area (Å²) in [7, 11) is 1.81. The highest BCUT2D eigenvalue weighted by Crippen LogP contribution is 2.30. The predicted octanol–water partition coefficient (Wildman–Crippen LogP) is 0.213. The van der Waals surface area contributed by atoms with Gasteiger partial charge in [-0.05, 0) is 19.9 Å². The molecule has 0 aromatic heterocycles. The molecule has 1 rings (SSSR count). The summed E-state index contributed by atoms with van der Waals surface area (Å²) in [4.78, 5) is 22.8. The van der Waals surface area contributed by atoms with Crippen LogP contribution in [-0.2, 0) is 9.59 Å². The molecule has 0 saturated heterocycles. The van der Waals surface area contributed by atoms with E-state index in [1.807, 2.05) is 7.05 Å². The molecule has 2 unspecified atom stereocenters. The molecule has 1 aliphatic rings. The van der Waals surface area contributed by atoms with Gasteiger partial charge in [-0.2, -0.15) is 0 Å². The quantitative estimate of drug-likeness (QED) is 0.588. The fraction of sp³-hybridized carbons (Fsp3) is 0.818. The first kappa shape index (κ1) is 13.0. The second-order valence-corrected chi connectivity index (χ2v) is 4.23. The third kappa shape index (κ3) is 3.48. The van der Waals surface area contributed by atoms with Crippen molar-refractivity contribution in [2.45, 2.75) is 25.7 Å². The molecule has 0 aliphatic heterocycles. The van der Waals surface area contributed by atoms with Gasteiger partial charge in [0.1, 0.15) is 0 Å². The maximum Gasteiger partial charge on any atom is 0.307 e. The molecule has 92 valence electrons. The smallest absolute Gasteiger partial charge is 0.307 e. The monoisotopic (exact) mass is 228 g/mol. The predicted molar refractivity (Wildman–Crippen MR) is 60.0 cm³/mol. The zero-order chi connectivity index (χ0) is 12.0. The number of carbonyl (C=O) groups excluding carboxylic acids is 1. The molecular weight excluding hydrogens is 208 g/mol. The van der Waals surface area contributed by atoms with Gasteiger partial charge in [-0.3, -0.25) is 9.59 Å². The lowest BCUT2D eigenvalue weighted by Gasteiger charge is -2.27. The second-order valence-electron chi connectivity index (χ2n) is 4.23. The first-order valence-electron chi connectivity index (χ1n) is 5.82. The minimum atomic E-state index is -0.839. The zero-order valence-electron chi connectivity index (χ0n) is 9.66. The number of carboxylic acid groups (broad SMARTS) is 1. The van der Waals surface area contributed by atoms with Gasteiger partial charge in [0.25, 0.3) is 0 Å². The summed E-state index contributed by atoms with van der Waals surface area (Å²) in [5, 5.41) is 14.7. The third-order valence-corrected chi connectivity index (χ3v) is 3.09. The van der Waals surface area contributed by atoms with Gasteiger partial charge in [-0.1, -0.05) is 12.8 Å². The van der Waals surface area contributed by atoms with Crippen LogP contribution in [0.1, 0.15) is 25.7 Å². The largest absolute Gasteiger partial charge is 0.481 e. The van der Waals surface area contributed by atoms with Crippen molar-refractivity contribution in [2.75, 3.05) is 20.1 Å². The SMILES string of the molecule is CNCCNC(=O)C1CCCCC1C(=O)O. The van der Waals surface area contributed by atoms with Gasteiger partial charge in [0.15, 0.2) is 0 Å². The van der Waals surface area contributed by atoms with E-state index in [2.05, 4.69) is 10.6 Å². The molecule has 0 radical (unpaired) electrons. The van der Waals surface area contributed by atoms with Crippen LogP contribution in [0.25, 0.3) is 0 Å². The third-order valence-electron chi connectivity index (χ3n) is 3.09. The number of amides is 1. The Morgan fingerprint density at radius 2 is 1.81 bits per heavy atom. The molecular formula is C11H20N2O3. The molecule has 0 aromatic rings. The maximum absolute atomic E-state index is 11.8. The summed E-state index contributed by atoms with van der Waals surface area (Å²) in [6.45, 7) is 1.26. The molecule has 1 aliphatic carbocycles. The molecule has 0 spiro atoms. The molecule has 1 fully saturated rings. The molecule has 1 saturated carbocycles. The maximum atomic E-state index is 11.8. The summed E-state index contributed by atoms with van der Waals surface area (Å²) >= 11 is 0. The van der Waals surface area contributed by atoms with Crippen molar-refractivity contribution in [1.82, 2.24) is 10.6 Å². The Balaban J connectivity index is 2.47. The zero-order valence-corrected chi connectivity index (χ0v) is 9.66. The van der Waals surface area contributed by atoms with E-state index in [4.69, 9.17) is 5.11 Å². The molecule has 0 aromatic carbocycles.